The SMILES string of the molecule is CC1(O)CCN(Cc2cccc(C(F)(F)F)c2)CC1. The lowest BCUT2D eigenvalue weighted by Gasteiger charge is -2.35. The molecule has 19 heavy (non-hydrogen) atoms. The van der Waals surface area contributed by atoms with E-state index in [4.69, 9.17) is 0 Å². The molecule has 1 aromatic rings. The van der Waals surface area contributed by atoms with Crippen molar-refractivity contribution in [2.24, 2.45) is 0 Å². The van der Waals surface area contributed by atoms with E-state index in [1.54, 1.807) is 13.0 Å². The average molecular weight is 273 g/mol. The number of hydrogen-bond acceptors (Lipinski definition) is 2. The van der Waals surface area contributed by atoms with Crippen LogP contribution in [0, 0.1) is 0 Å². The number of halogens is 3. The number of alkyl halides is 3. The molecule has 1 N–H and O–H groups in total. The van der Waals surface area contributed by atoms with Crippen LogP contribution in [0.3, 0.4) is 0 Å². The summed E-state index contributed by atoms with van der Waals surface area (Å²) in [5.41, 5.74) is -0.574. The lowest BCUT2D eigenvalue weighted by molar-refractivity contribution is -0.137. The van der Waals surface area contributed by atoms with Gasteiger partial charge < -0.3 is 5.11 Å². The third-order valence-electron chi connectivity index (χ3n) is 3.59. The molecule has 106 valence electrons. The molecule has 1 aromatic carbocycles. The lowest BCUT2D eigenvalue weighted by Crippen LogP contribution is -2.41. The van der Waals surface area contributed by atoms with Crippen molar-refractivity contribution in [2.75, 3.05) is 13.1 Å². The summed E-state index contributed by atoms with van der Waals surface area (Å²) in [4.78, 5) is 2.08. The van der Waals surface area contributed by atoms with Crippen LogP contribution in [0.2, 0.25) is 0 Å². The first-order valence-corrected chi connectivity index (χ1v) is 6.37. The van der Waals surface area contributed by atoms with Crippen molar-refractivity contribution in [3.63, 3.8) is 0 Å². The Kier molecular flexibility index (Phi) is 3.87. The minimum Gasteiger partial charge on any atom is -0.390 e. The Bertz CT molecular complexity index is 433. The highest BCUT2D eigenvalue weighted by Crippen LogP contribution is 2.30. The molecule has 5 heteroatoms. The molecule has 0 aliphatic carbocycles. The van der Waals surface area contributed by atoms with Gasteiger partial charge in [-0.2, -0.15) is 13.2 Å². The maximum absolute atomic E-state index is 12.6. The summed E-state index contributed by atoms with van der Waals surface area (Å²) in [6.45, 7) is 3.72. The number of benzene rings is 1. The van der Waals surface area contributed by atoms with Gasteiger partial charge in [0.15, 0.2) is 0 Å². The Morgan fingerprint density at radius 3 is 2.47 bits per heavy atom. The van der Waals surface area contributed by atoms with Gasteiger partial charge in [0.1, 0.15) is 0 Å². The van der Waals surface area contributed by atoms with E-state index in [1.807, 2.05) is 0 Å². The van der Waals surface area contributed by atoms with E-state index < -0.39 is 17.3 Å². The standard InChI is InChI=1S/C14H18F3NO/c1-13(19)5-7-18(8-6-13)10-11-3-2-4-12(9-11)14(15,16)17/h2-4,9,19H,5-8,10H2,1H3. The smallest absolute Gasteiger partial charge is 0.390 e. The van der Waals surface area contributed by atoms with Crippen LogP contribution in [0.25, 0.3) is 0 Å². The topological polar surface area (TPSA) is 23.5 Å². The molecule has 1 heterocycles. The first-order valence-electron chi connectivity index (χ1n) is 6.37. The molecule has 1 aliphatic rings. The summed E-state index contributed by atoms with van der Waals surface area (Å²) < 4.78 is 37.8. The van der Waals surface area contributed by atoms with Gasteiger partial charge in [-0.15, -0.1) is 0 Å². The van der Waals surface area contributed by atoms with Gasteiger partial charge in [-0.1, -0.05) is 18.2 Å². The largest absolute Gasteiger partial charge is 0.416 e. The zero-order valence-corrected chi connectivity index (χ0v) is 10.9. The molecule has 0 aromatic heterocycles. The van der Waals surface area contributed by atoms with Crippen molar-refractivity contribution in [3.8, 4) is 0 Å². The molecule has 1 fully saturated rings. The molecule has 1 aliphatic heterocycles. The molecule has 0 unspecified atom stereocenters. The van der Waals surface area contributed by atoms with Crippen molar-refractivity contribution >= 4 is 0 Å². The highest BCUT2D eigenvalue weighted by atomic mass is 19.4. The molecule has 2 rings (SSSR count). The Balaban J connectivity index is 2.00. The normalized spacial score (nSPS) is 20.5. The van der Waals surface area contributed by atoms with Crippen LogP contribution in [0.15, 0.2) is 24.3 Å². The van der Waals surface area contributed by atoms with Gasteiger partial charge in [-0.05, 0) is 31.4 Å². The van der Waals surface area contributed by atoms with Gasteiger partial charge in [0, 0.05) is 19.6 Å². The molecule has 0 bridgehead atoms. The zero-order chi connectivity index (χ0) is 14.1. The first kappa shape index (κ1) is 14.3. The van der Waals surface area contributed by atoms with Crippen LogP contribution in [0.5, 0.6) is 0 Å². The van der Waals surface area contributed by atoms with Crippen LogP contribution >= 0.6 is 0 Å². The van der Waals surface area contributed by atoms with Crippen LogP contribution in [-0.2, 0) is 12.7 Å². The van der Waals surface area contributed by atoms with Crippen LogP contribution in [0.4, 0.5) is 13.2 Å². The molecule has 0 spiro atoms. The monoisotopic (exact) mass is 273 g/mol. The fourth-order valence-electron chi connectivity index (χ4n) is 2.30. The van der Waals surface area contributed by atoms with Crippen LogP contribution in [-0.4, -0.2) is 28.7 Å². The number of nitrogens with zero attached hydrogens (tertiary/aromatic N) is 1. The van der Waals surface area contributed by atoms with E-state index in [-0.39, 0.29) is 0 Å². The van der Waals surface area contributed by atoms with Crippen molar-refractivity contribution < 1.29 is 18.3 Å². The predicted molar refractivity (Wildman–Crippen MR) is 66.6 cm³/mol. The average Bonchev–Trinajstić information content (AvgIpc) is 2.31. The minimum atomic E-state index is -4.29. The summed E-state index contributed by atoms with van der Waals surface area (Å²) in [6.07, 6.45) is -2.97. The van der Waals surface area contributed by atoms with Crippen molar-refractivity contribution in [2.45, 2.75) is 38.1 Å². The first-order chi connectivity index (χ1) is 8.76. The van der Waals surface area contributed by atoms with Gasteiger partial charge in [-0.3, -0.25) is 4.90 Å². The number of likely N-dealkylation sites (tertiary alicyclic amines) is 1. The lowest BCUT2D eigenvalue weighted by atomic mass is 9.93. The van der Waals surface area contributed by atoms with Crippen molar-refractivity contribution in [1.82, 2.24) is 4.90 Å². The highest BCUT2D eigenvalue weighted by molar-refractivity contribution is 5.25. The Morgan fingerprint density at radius 1 is 1.26 bits per heavy atom. The zero-order valence-electron chi connectivity index (χ0n) is 10.9. The van der Waals surface area contributed by atoms with E-state index in [0.29, 0.717) is 38.0 Å². The summed E-state index contributed by atoms with van der Waals surface area (Å²) in [6, 6.07) is 5.44. The number of hydrogen-bond donors (Lipinski definition) is 1. The van der Waals surface area contributed by atoms with Crippen molar-refractivity contribution in [1.29, 1.82) is 0 Å². The molecular weight excluding hydrogens is 255 g/mol. The maximum Gasteiger partial charge on any atom is 0.416 e. The van der Waals surface area contributed by atoms with Gasteiger partial charge in [0.05, 0.1) is 11.2 Å². The Hall–Kier alpha value is -1.07. The summed E-state index contributed by atoms with van der Waals surface area (Å²) >= 11 is 0. The number of aliphatic hydroxyl groups is 1. The second kappa shape index (κ2) is 5.13. The fraction of sp³-hybridized carbons (Fsp3) is 0.571. The van der Waals surface area contributed by atoms with Crippen LogP contribution in [0.1, 0.15) is 30.9 Å². The molecular formula is C14H18F3NO. The third-order valence-corrected chi connectivity index (χ3v) is 3.59. The summed E-state index contributed by atoms with van der Waals surface area (Å²) in [7, 11) is 0. The van der Waals surface area contributed by atoms with E-state index in [0.717, 1.165) is 6.07 Å². The van der Waals surface area contributed by atoms with Gasteiger partial charge in [0.25, 0.3) is 0 Å². The molecule has 0 amide bonds. The Labute approximate surface area is 110 Å². The molecule has 1 saturated heterocycles. The highest BCUT2D eigenvalue weighted by Gasteiger charge is 2.31. The van der Waals surface area contributed by atoms with E-state index in [9.17, 15) is 18.3 Å². The third kappa shape index (κ3) is 3.94. The van der Waals surface area contributed by atoms with E-state index in [2.05, 4.69) is 4.90 Å². The number of piperidine rings is 1. The molecule has 0 radical (unpaired) electrons. The molecule has 2 nitrogen and oxygen atoms in total. The molecule has 0 saturated carbocycles. The van der Waals surface area contributed by atoms with Gasteiger partial charge in [-0.25, -0.2) is 0 Å². The maximum atomic E-state index is 12.6. The number of rotatable bonds is 2. The van der Waals surface area contributed by atoms with E-state index >= 15 is 0 Å². The minimum absolute atomic E-state index is 0.500. The second-order valence-electron chi connectivity index (χ2n) is 5.47. The Morgan fingerprint density at radius 2 is 1.89 bits per heavy atom. The predicted octanol–water partition coefficient (Wildman–Crippen LogP) is 3.05. The van der Waals surface area contributed by atoms with Crippen LogP contribution < -0.4 is 0 Å². The quantitative estimate of drug-likeness (QED) is 0.895. The van der Waals surface area contributed by atoms with Crippen molar-refractivity contribution in [3.05, 3.63) is 35.4 Å². The summed E-state index contributed by atoms with van der Waals surface area (Å²) in [5, 5.41) is 9.83. The van der Waals surface area contributed by atoms with Gasteiger partial charge in [0.2, 0.25) is 0 Å². The van der Waals surface area contributed by atoms with E-state index in [1.165, 1.54) is 12.1 Å². The van der Waals surface area contributed by atoms with Gasteiger partial charge >= 0.3 is 6.18 Å². The second-order valence-corrected chi connectivity index (χ2v) is 5.47. The summed E-state index contributed by atoms with van der Waals surface area (Å²) in [5.74, 6) is 0. The molecule has 0 atom stereocenters. The fourth-order valence-corrected chi connectivity index (χ4v) is 2.30.